The van der Waals surface area contributed by atoms with Crippen molar-refractivity contribution in [2.45, 2.75) is 24.8 Å². The van der Waals surface area contributed by atoms with Crippen LogP contribution >= 0.6 is 0 Å². The molecule has 0 unspecified atom stereocenters. The van der Waals surface area contributed by atoms with E-state index in [1.807, 2.05) is 0 Å². The lowest BCUT2D eigenvalue weighted by molar-refractivity contribution is -0.140. The van der Waals surface area contributed by atoms with Crippen molar-refractivity contribution in [2.75, 3.05) is 0 Å². The van der Waals surface area contributed by atoms with E-state index in [0.717, 1.165) is 0 Å². The average molecular weight is 258 g/mol. The summed E-state index contributed by atoms with van der Waals surface area (Å²) in [7, 11) is -3.84. The quantitative estimate of drug-likeness (QED) is 0.800. The number of aliphatic carboxylic acids is 1. The summed E-state index contributed by atoms with van der Waals surface area (Å²) in [5, 5.41) is 8.91. The summed E-state index contributed by atoms with van der Waals surface area (Å²) in [6.45, 7) is 3.26. The van der Waals surface area contributed by atoms with Gasteiger partial charge in [0.25, 0.3) is 0 Å². The van der Waals surface area contributed by atoms with Gasteiger partial charge in [-0.1, -0.05) is 13.8 Å². The van der Waals surface area contributed by atoms with Crippen LogP contribution in [0.15, 0.2) is 29.4 Å². The average Bonchev–Trinajstić information content (AvgIpc) is 2.26. The van der Waals surface area contributed by atoms with Crippen molar-refractivity contribution < 1.29 is 18.3 Å². The highest BCUT2D eigenvalue weighted by atomic mass is 32.2. The molecule has 1 rings (SSSR count). The first-order valence-corrected chi connectivity index (χ1v) is 6.48. The number of nitrogens with one attached hydrogen (secondary N) is 1. The Bertz CT molecular complexity index is 484. The number of carbonyl (C=O) groups is 1. The van der Waals surface area contributed by atoms with Crippen LogP contribution in [0, 0.1) is 5.92 Å². The fourth-order valence-corrected chi connectivity index (χ4v) is 2.51. The lowest BCUT2D eigenvalue weighted by Gasteiger charge is -2.17. The van der Waals surface area contributed by atoms with E-state index >= 15 is 0 Å². The molecule has 0 saturated heterocycles. The zero-order valence-corrected chi connectivity index (χ0v) is 10.3. The van der Waals surface area contributed by atoms with Gasteiger partial charge in [0, 0.05) is 12.4 Å². The number of hydrogen-bond donors (Lipinski definition) is 2. The van der Waals surface area contributed by atoms with E-state index < -0.39 is 22.0 Å². The Morgan fingerprint density at radius 3 is 2.53 bits per heavy atom. The summed E-state index contributed by atoms with van der Waals surface area (Å²) in [6.07, 6.45) is 2.61. The first-order chi connectivity index (χ1) is 7.84. The summed E-state index contributed by atoms with van der Waals surface area (Å²) in [4.78, 5) is 14.5. The molecular formula is C10H14N2O4S. The smallest absolute Gasteiger partial charge is 0.322 e. The van der Waals surface area contributed by atoms with Gasteiger partial charge >= 0.3 is 5.97 Å². The number of nitrogens with zero attached hydrogens (tertiary/aromatic N) is 1. The largest absolute Gasteiger partial charge is 0.480 e. The molecule has 1 atom stereocenters. The van der Waals surface area contributed by atoms with Crippen molar-refractivity contribution in [3.8, 4) is 0 Å². The molecule has 1 aromatic rings. The third-order valence-corrected chi connectivity index (χ3v) is 3.59. The minimum Gasteiger partial charge on any atom is -0.480 e. The van der Waals surface area contributed by atoms with Crippen molar-refractivity contribution in [1.82, 2.24) is 9.71 Å². The Balaban J connectivity index is 2.97. The molecule has 0 radical (unpaired) electrons. The molecule has 0 aliphatic heterocycles. The Morgan fingerprint density at radius 2 is 2.12 bits per heavy atom. The number of aromatic nitrogens is 1. The van der Waals surface area contributed by atoms with Gasteiger partial charge in [0.15, 0.2) is 0 Å². The Kier molecular flexibility index (Phi) is 4.19. The normalized spacial score (nSPS) is 13.6. The second-order valence-electron chi connectivity index (χ2n) is 3.87. The van der Waals surface area contributed by atoms with Crippen LogP contribution < -0.4 is 4.72 Å². The number of carboxylic acids is 1. The predicted octanol–water partition coefficient (Wildman–Crippen LogP) is 0.469. The van der Waals surface area contributed by atoms with Crippen LogP contribution in [0.1, 0.15) is 13.8 Å². The zero-order valence-electron chi connectivity index (χ0n) is 9.49. The number of rotatable bonds is 5. The Hall–Kier alpha value is -1.47. The van der Waals surface area contributed by atoms with Crippen molar-refractivity contribution in [1.29, 1.82) is 0 Å². The van der Waals surface area contributed by atoms with Crippen LogP contribution in [0.3, 0.4) is 0 Å². The van der Waals surface area contributed by atoms with Crippen LogP contribution in [0.25, 0.3) is 0 Å². The van der Waals surface area contributed by atoms with Gasteiger partial charge in [-0.15, -0.1) is 0 Å². The molecule has 0 fully saturated rings. The molecule has 1 aromatic heterocycles. The summed E-state index contributed by atoms with van der Waals surface area (Å²) < 4.78 is 25.8. The number of pyridine rings is 1. The molecule has 2 N–H and O–H groups in total. The van der Waals surface area contributed by atoms with Crippen LogP contribution in [0.5, 0.6) is 0 Å². The minimum atomic E-state index is -3.84. The maximum atomic E-state index is 11.8. The fourth-order valence-electron chi connectivity index (χ4n) is 1.21. The van der Waals surface area contributed by atoms with E-state index in [4.69, 9.17) is 5.11 Å². The van der Waals surface area contributed by atoms with Crippen molar-refractivity contribution in [2.24, 2.45) is 5.92 Å². The van der Waals surface area contributed by atoms with E-state index in [1.165, 1.54) is 24.5 Å². The van der Waals surface area contributed by atoms with Gasteiger partial charge in [0.1, 0.15) is 10.9 Å². The van der Waals surface area contributed by atoms with Gasteiger partial charge in [-0.2, -0.15) is 4.72 Å². The first-order valence-electron chi connectivity index (χ1n) is 5.00. The molecule has 1 heterocycles. The van der Waals surface area contributed by atoms with E-state index in [-0.39, 0.29) is 10.8 Å². The highest BCUT2D eigenvalue weighted by molar-refractivity contribution is 7.89. The standard InChI is InChI=1S/C10H14N2O4S/c1-7(2)9(10(13)14)12-17(15,16)8-4-3-5-11-6-8/h3-7,9,12H,1-2H3,(H,13,14)/t9-/m1/s1. The Morgan fingerprint density at radius 1 is 1.47 bits per heavy atom. The molecule has 0 saturated carbocycles. The SMILES string of the molecule is CC(C)[C@@H](NS(=O)(=O)c1cccnc1)C(=O)O. The monoisotopic (exact) mass is 258 g/mol. The van der Waals surface area contributed by atoms with Crippen LogP contribution in [0.2, 0.25) is 0 Å². The molecule has 0 aliphatic rings. The molecule has 0 amide bonds. The molecule has 7 heteroatoms. The molecule has 17 heavy (non-hydrogen) atoms. The van der Waals surface area contributed by atoms with E-state index in [9.17, 15) is 13.2 Å². The summed E-state index contributed by atoms with van der Waals surface area (Å²) in [6, 6.07) is 1.68. The second-order valence-corrected chi connectivity index (χ2v) is 5.58. The summed E-state index contributed by atoms with van der Waals surface area (Å²) >= 11 is 0. The van der Waals surface area contributed by atoms with Crippen LogP contribution in [-0.2, 0) is 14.8 Å². The summed E-state index contributed by atoms with van der Waals surface area (Å²) in [5.74, 6) is -1.55. The highest BCUT2D eigenvalue weighted by Crippen LogP contribution is 2.10. The van der Waals surface area contributed by atoms with Gasteiger partial charge in [-0.3, -0.25) is 9.78 Å². The van der Waals surface area contributed by atoms with Gasteiger partial charge in [-0.05, 0) is 18.1 Å². The highest BCUT2D eigenvalue weighted by Gasteiger charge is 2.27. The second kappa shape index (κ2) is 5.24. The van der Waals surface area contributed by atoms with E-state index in [2.05, 4.69) is 9.71 Å². The van der Waals surface area contributed by atoms with Crippen molar-refractivity contribution >= 4 is 16.0 Å². The van der Waals surface area contributed by atoms with Gasteiger partial charge in [0.05, 0.1) is 0 Å². The van der Waals surface area contributed by atoms with Crippen molar-refractivity contribution in [3.63, 3.8) is 0 Å². The molecule has 0 aromatic carbocycles. The topological polar surface area (TPSA) is 96.4 Å². The fraction of sp³-hybridized carbons (Fsp3) is 0.400. The van der Waals surface area contributed by atoms with Crippen LogP contribution in [0.4, 0.5) is 0 Å². The molecule has 0 aliphatic carbocycles. The maximum Gasteiger partial charge on any atom is 0.322 e. The Labute approximate surface area is 99.7 Å². The third kappa shape index (κ3) is 3.50. The van der Waals surface area contributed by atoms with Gasteiger partial charge in [0.2, 0.25) is 10.0 Å². The molecule has 94 valence electrons. The van der Waals surface area contributed by atoms with E-state index in [0.29, 0.717) is 0 Å². The minimum absolute atomic E-state index is 0.0492. The third-order valence-electron chi connectivity index (χ3n) is 2.16. The van der Waals surface area contributed by atoms with Crippen LogP contribution in [-0.4, -0.2) is 30.5 Å². The lowest BCUT2D eigenvalue weighted by Crippen LogP contribution is -2.44. The molecular weight excluding hydrogens is 244 g/mol. The summed E-state index contributed by atoms with van der Waals surface area (Å²) in [5.41, 5.74) is 0. The van der Waals surface area contributed by atoms with Crippen molar-refractivity contribution in [3.05, 3.63) is 24.5 Å². The van der Waals surface area contributed by atoms with Gasteiger partial charge < -0.3 is 5.11 Å². The number of sulfonamides is 1. The molecule has 0 spiro atoms. The van der Waals surface area contributed by atoms with Gasteiger partial charge in [-0.25, -0.2) is 8.42 Å². The number of carboxylic acid groups (broad SMARTS) is 1. The molecule has 0 bridgehead atoms. The first kappa shape index (κ1) is 13.6. The number of hydrogen-bond acceptors (Lipinski definition) is 4. The van der Waals surface area contributed by atoms with E-state index in [1.54, 1.807) is 13.8 Å². The lowest BCUT2D eigenvalue weighted by atomic mass is 10.1. The maximum absolute atomic E-state index is 11.8. The zero-order chi connectivity index (χ0) is 13.1. The molecule has 6 nitrogen and oxygen atoms in total. The predicted molar refractivity (Wildman–Crippen MR) is 60.8 cm³/mol.